The monoisotopic (exact) mass is 361 g/mol. The molecule has 1 nitrogen and oxygen atoms in total. The minimum Gasteiger partial charge on any atom is -0.289 e. The molecule has 81 valence electrons. The number of hydrogen-bond acceptors (Lipinski definition) is 1. The Morgan fingerprint density at radius 2 is 1.00 bits per heavy atom. The summed E-state index contributed by atoms with van der Waals surface area (Å²) in [7, 11) is 0. The Hall–Kier alpha value is 0.0700. The van der Waals surface area contributed by atoms with E-state index in [4.69, 9.17) is 0 Å². The van der Waals surface area contributed by atoms with Crippen LogP contribution in [0.3, 0.4) is 0 Å². The molecule has 2 rings (SSSR count). The van der Waals surface area contributed by atoms with Gasteiger partial charge in [-0.2, -0.15) is 0 Å². The molecule has 0 heterocycles. The maximum absolute atomic E-state index is 12.0. The van der Waals surface area contributed by atoms with Gasteiger partial charge < -0.3 is 0 Å². The molecule has 2 aromatic rings. The molecule has 0 bridgehead atoms. The van der Waals surface area contributed by atoms with E-state index in [0.717, 1.165) is 8.95 Å². The van der Waals surface area contributed by atoms with E-state index in [2.05, 4.69) is 31.9 Å². The van der Waals surface area contributed by atoms with Crippen LogP contribution < -0.4 is 0 Å². The molecule has 0 spiro atoms. The predicted molar refractivity (Wildman–Crippen MR) is 77.5 cm³/mol. The minimum atomic E-state index is 0. The third-order valence-corrected chi connectivity index (χ3v) is 3.27. The van der Waals surface area contributed by atoms with Crippen LogP contribution >= 0.6 is 31.9 Å². The standard InChI is InChI=1S/C13H8Br2O.Na/c14-11-5-1-9(2-6-11)13(16)10-3-7-12(15)8-4-10;/h1-8H;. The fourth-order valence-corrected chi connectivity index (χ4v) is 1.90. The zero-order valence-electron chi connectivity index (χ0n) is 9.28. The second-order valence-corrected chi connectivity index (χ2v) is 5.17. The molecule has 0 atom stereocenters. The molecule has 0 amide bonds. The summed E-state index contributed by atoms with van der Waals surface area (Å²) in [6.07, 6.45) is 0. The molecule has 0 fully saturated rings. The van der Waals surface area contributed by atoms with E-state index < -0.39 is 0 Å². The quantitative estimate of drug-likeness (QED) is 0.581. The van der Waals surface area contributed by atoms with Crippen molar-refractivity contribution in [3.63, 3.8) is 0 Å². The third-order valence-electron chi connectivity index (χ3n) is 2.21. The topological polar surface area (TPSA) is 17.1 Å². The van der Waals surface area contributed by atoms with Gasteiger partial charge in [0.15, 0.2) is 5.78 Å². The zero-order valence-corrected chi connectivity index (χ0v) is 14.5. The molecular weight excluding hydrogens is 355 g/mol. The van der Waals surface area contributed by atoms with Gasteiger partial charge in [-0.25, -0.2) is 0 Å². The Morgan fingerprint density at radius 1 is 0.706 bits per heavy atom. The molecule has 0 aromatic heterocycles. The second-order valence-electron chi connectivity index (χ2n) is 3.34. The number of hydrogen-bond donors (Lipinski definition) is 0. The van der Waals surface area contributed by atoms with Crippen molar-refractivity contribution in [2.75, 3.05) is 0 Å². The molecule has 0 unspecified atom stereocenters. The molecule has 4 heteroatoms. The molecule has 0 saturated carbocycles. The van der Waals surface area contributed by atoms with Crippen molar-refractivity contribution < 1.29 is 4.79 Å². The first kappa shape index (κ1) is 15.1. The third kappa shape index (κ3) is 4.04. The molecular formula is C13H8Br2NaO. The Labute approximate surface area is 139 Å². The largest absolute Gasteiger partial charge is 0.289 e. The first-order valence-electron chi connectivity index (χ1n) is 4.72. The summed E-state index contributed by atoms with van der Waals surface area (Å²) >= 11 is 6.69. The van der Waals surface area contributed by atoms with Crippen LogP contribution in [-0.2, 0) is 0 Å². The van der Waals surface area contributed by atoms with Crippen LogP contribution in [0.25, 0.3) is 0 Å². The predicted octanol–water partition coefficient (Wildman–Crippen LogP) is 4.06. The van der Waals surface area contributed by atoms with Gasteiger partial charge in [0.2, 0.25) is 0 Å². The molecule has 0 aliphatic heterocycles. The van der Waals surface area contributed by atoms with E-state index in [-0.39, 0.29) is 35.3 Å². The van der Waals surface area contributed by atoms with E-state index >= 15 is 0 Å². The van der Waals surface area contributed by atoms with Gasteiger partial charge in [0.1, 0.15) is 0 Å². The van der Waals surface area contributed by atoms with Crippen LogP contribution in [0.4, 0.5) is 0 Å². The van der Waals surface area contributed by atoms with Gasteiger partial charge in [-0.15, -0.1) is 0 Å². The van der Waals surface area contributed by atoms with Gasteiger partial charge in [-0.3, -0.25) is 4.79 Å². The van der Waals surface area contributed by atoms with Crippen molar-refractivity contribution in [2.24, 2.45) is 0 Å². The van der Waals surface area contributed by atoms with E-state index in [1.54, 1.807) is 0 Å². The van der Waals surface area contributed by atoms with Crippen molar-refractivity contribution in [3.05, 3.63) is 68.6 Å². The summed E-state index contributed by atoms with van der Waals surface area (Å²) in [6, 6.07) is 14.7. The maximum Gasteiger partial charge on any atom is 0.193 e. The van der Waals surface area contributed by atoms with Crippen molar-refractivity contribution in [3.8, 4) is 0 Å². The number of carbonyl (C=O) groups is 1. The molecule has 17 heavy (non-hydrogen) atoms. The second kappa shape index (κ2) is 6.86. The molecule has 0 saturated heterocycles. The van der Waals surface area contributed by atoms with Crippen LogP contribution in [0, 0.1) is 0 Å². The van der Waals surface area contributed by atoms with Gasteiger partial charge in [0, 0.05) is 49.6 Å². The van der Waals surface area contributed by atoms with E-state index in [1.807, 2.05) is 48.5 Å². The van der Waals surface area contributed by atoms with Crippen LogP contribution in [-0.4, -0.2) is 35.3 Å². The van der Waals surface area contributed by atoms with Gasteiger partial charge in [-0.1, -0.05) is 31.9 Å². The first-order chi connectivity index (χ1) is 7.66. The Kier molecular flexibility index (Phi) is 6.10. The number of halogens is 2. The van der Waals surface area contributed by atoms with Gasteiger partial charge in [-0.05, 0) is 48.5 Å². The minimum absolute atomic E-state index is 0. The summed E-state index contributed by atoms with van der Waals surface area (Å²) in [5, 5.41) is 0. The fourth-order valence-electron chi connectivity index (χ4n) is 1.37. The number of benzene rings is 2. The fraction of sp³-hybridized carbons (Fsp3) is 0. The Morgan fingerprint density at radius 3 is 1.29 bits per heavy atom. The first-order valence-corrected chi connectivity index (χ1v) is 6.31. The van der Waals surface area contributed by atoms with Crippen molar-refractivity contribution in [1.29, 1.82) is 0 Å². The summed E-state index contributed by atoms with van der Waals surface area (Å²) in [6.45, 7) is 0. The molecule has 0 N–H and O–H groups in total. The van der Waals surface area contributed by atoms with Crippen LogP contribution in [0.15, 0.2) is 57.5 Å². The zero-order chi connectivity index (χ0) is 11.5. The summed E-state index contributed by atoms with van der Waals surface area (Å²) in [4.78, 5) is 12.0. The Bertz CT molecular complexity index is 458. The average Bonchev–Trinajstić information content (AvgIpc) is 2.30. The van der Waals surface area contributed by atoms with Crippen molar-refractivity contribution >= 4 is 67.2 Å². The van der Waals surface area contributed by atoms with Crippen LogP contribution in [0.2, 0.25) is 0 Å². The maximum atomic E-state index is 12.0. The van der Waals surface area contributed by atoms with Gasteiger partial charge >= 0.3 is 0 Å². The van der Waals surface area contributed by atoms with Crippen LogP contribution in [0.5, 0.6) is 0 Å². The molecule has 0 aliphatic rings. The summed E-state index contributed by atoms with van der Waals surface area (Å²) in [5.41, 5.74) is 1.40. The summed E-state index contributed by atoms with van der Waals surface area (Å²) < 4.78 is 1.94. The average molecular weight is 363 g/mol. The SMILES string of the molecule is O=C(c1ccc(Br)cc1)c1ccc(Br)cc1.[Na]. The number of ketones is 1. The van der Waals surface area contributed by atoms with E-state index in [9.17, 15) is 4.79 Å². The smallest absolute Gasteiger partial charge is 0.193 e. The van der Waals surface area contributed by atoms with Crippen molar-refractivity contribution in [2.45, 2.75) is 0 Å². The number of rotatable bonds is 2. The molecule has 0 aliphatic carbocycles. The molecule has 2 aromatic carbocycles. The normalized spacial score (nSPS) is 9.53. The van der Waals surface area contributed by atoms with Gasteiger partial charge in [0.05, 0.1) is 0 Å². The van der Waals surface area contributed by atoms with E-state index in [1.165, 1.54) is 0 Å². The van der Waals surface area contributed by atoms with Crippen molar-refractivity contribution in [1.82, 2.24) is 0 Å². The molecule has 1 radical (unpaired) electrons. The summed E-state index contributed by atoms with van der Waals surface area (Å²) in [5.74, 6) is 0.0417. The van der Waals surface area contributed by atoms with Crippen LogP contribution in [0.1, 0.15) is 15.9 Å². The van der Waals surface area contributed by atoms with Gasteiger partial charge in [0.25, 0.3) is 0 Å². The Balaban J connectivity index is 0.00000144. The number of carbonyl (C=O) groups excluding carboxylic acids is 1. The van der Waals surface area contributed by atoms with E-state index in [0.29, 0.717) is 11.1 Å².